The summed E-state index contributed by atoms with van der Waals surface area (Å²) in [4.78, 5) is 10.9. The lowest BCUT2D eigenvalue weighted by molar-refractivity contribution is 0.170. The van der Waals surface area contributed by atoms with Crippen LogP contribution in [0.3, 0.4) is 0 Å². The number of carbonyl (C=O) groups is 1. The van der Waals surface area contributed by atoms with Crippen molar-refractivity contribution in [3.63, 3.8) is 0 Å². The Morgan fingerprint density at radius 3 is 2.44 bits per heavy atom. The Morgan fingerprint density at radius 2 is 1.88 bits per heavy atom. The van der Waals surface area contributed by atoms with Crippen molar-refractivity contribution in [3.05, 3.63) is 23.8 Å². The predicted molar refractivity (Wildman–Crippen MR) is 58.8 cm³/mol. The largest absolute Gasteiger partial charge is 0.493 e. The summed E-state index contributed by atoms with van der Waals surface area (Å²) in [7, 11) is 4.46. The van der Waals surface area contributed by atoms with Gasteiger partial charge in [0, 0.05) is 6.54 Å². The van der Waals surface area contributed by atoms with Crippen LogP contribution in [-0.4, -0.2) is 27.4 Å². The smallest absolute Gasteiger partial charge is 0.407 e. The highest BCUT2D eigenvalue weighted by atomic mass is 16.5. The minimum absolute atomic E-state index is 0.382. The van der Waals surface area contributed by atoms with Gasteiger partial charge in [-0.1, -0.05) is 6.07 Å². The molecule has 0 spiro atoms. The van der Waals surface area contributed by atoms with Gasteiger partial charge in [-0.3, -0.25) is 0 Å². The molecule has 0 unspecified atom stereocenters. The Hall–Kier alpha value is -1.91. The molecule has 1 rings (SSSR count). The Bertz CT molecular complexity index is 365. The van der Waals surface area contributed by atoms with E-state index in [1.165, 1.54) is 7.11 Å². The number of ether oxygens (including phenoxy) is 3. The second-order valence-electron chi connectivity index (χ2n) is 3.03. The highest BCUT2D eigenvalue weighted by molar-refractivity contribution is 5.66. The van der Waals surface area contributed by atoms with Gasteiger partial charge >= 0.3 is 6.09 Å². The first-order valence-electron chi connectivity index (χ1n) is 4.74. The fourth-order valence-corrected chi connectivity index (χ4v) is 1.24. The normalized spacial score (nSPS) is 9.44. The van der Waals surface area contributed by atoms with Gasteiger partial charge in [0.2, 0.25) is 0 Å². The summed E-state index contributed by atoms with van der Waals surface area (Å²) >= 11 is 0. The number of amides is 1. The standard InChI is InChI=1S/C11H15NO4/c1-14-9-5-4-8(6-10(9)15-2)7-12-11(13)16-3/h4-6H,7H2,1-3H3,(H,12,13). The van der Waals surface area contributed by atoms with E-state index in [0.29, 0.717) is 18.0 Å². The van der Waals surface area contributed by atoms with Crippen LogP contribution in [0.5, 0.6) is 11.5 Å². The molecule has 0 atom stereocenters. The van der Waals surface area contributed by atoms with Crippen molar-refractivity contribution in [2.75, 3.05) is 21.3 Å². The summed E-state index contributed by atoms with van der Waals surface area (Å²) in [5.41, 5.74) is 0.906. The van der Waals surface area contributed by atoms with Gasteiger partial charge in [-0.15, -0.1) is 0 Å². The second-order valence-corrected chi connectivity index (χ2v) is 3.03. The Labute approximate surface area is 94.3 Å². The van der Waals surface area contributed by atoms with Crippen LogP contribution in [0.25, 0.3) is 0 Å². The van der Waals surface area contributed by atoms with E-state index in [-0.39, 0.29) is 0 Å². The van der Waals surface area contributed by atoms with Gasteiger partial charge in [-0.05, 0) is 17.7 Å². The number of nitrogens with one attached hydrogen (secondary N) is 1. The van der Waals surface area contributed by atoms with Crippen LogP contribution in [-0.2, 0) is 11.3 Å². The predicted octanol–water partition coefficient (Wildman–Crippen LogP) is 1.56. The van der Waals surface area contributed by atoms with Crippen molar-refractivity contribution < 1.29 is 19.0 Å². The Kier molecular flexibility index (Phi) is 4.44. The molecule has 1 amide bonds. The first-order chi connectivity index (χ1) is 7.71. The molecule has 0 aliphatic heterocycles. The zero-order valence-electron chi connectivity index (χ0n) is 9.57. The molecule has 88 valence electrons. The van der Waals surface area contributed by atoms with Gasteiger partial charge < -0.3 is 19.5 Å². The number of methoxy groups -OCH3 is 3. The maximum Gasteiger partial charge on any atom is 0.407 e. The zero-order valence-corrected chi connectivity index (χ0v) is 9.57. The molecule has 0 aliphatic carbocycles. The molecule has 0 heterocycles. The summed E-state index contributed by atoms with van der Waals surface area (Å²) in [6.45, 7) is 0.382. The van der Waals surface area contributed by atoms with E-state index in [4.69, 9.17) is 9.47 Å². The van der Waals surface area contributed by atoms with Gasteiger partial charge in [-0.2, -0.15) is 0 Å². The number of benzene rings is 1. The van der Waals surface area contributed by atoms with Crippen molar-refractivity contribution in [3.8, 4) is 11.5 Å². The number of alkyl carbamates (subject to hydrolysis) is 1. The molecule has 0 radical (unpaired) electrons. The first-order valence-corrected chi connectivity index (χ1v) is 4.74. The average Bonchev–Trinajstić information content (AvgIpc) is 2.35. The second kappa shape index (κ2) is 5.85. The third kappa shape index (κ3) is 3.05. The topological polar surface area (TPSA) is 56.8 Å². The van der Waals surface area contributed by atoms with E-state index in [2.05, 4.69) is 10.1 Å². The quantitative estimate of drug-likeness (QED) is 0.844. The lowest BCUT2D eigenvalue weighted by Crippen LogP contribution is -2.22. The molecule has 1 N–H and O–H groups in total. The average molecular weight is 225 g/mol. The Balaban J connectivity index is 2.71. The number of hydrogen-bond donors (Lipinski definition) is 1. The first kappa shape index (κ1) is 12.2. The molecule has 0 aromatic heterocycles. The number of hydrogen-bond acceptors (Lipinski definition) is 4. The van der Waals surface area contributed by atoms with Crippen molar-refractivity contribution in [1.29, 1.82) is 0 Å². The monoisotopic (exact) mass is 225 g/mol. The van der Waals surface area contributed by atoms with Gasteiger partial charge in [-0.25, -0.2) is 4.79 Å². The number of rotatable bonds is 4. The molecule has 0 aliphatic rings. The third-order valence-electron chi connectivity index (χ3n) is 2.07. The number of carbonyl (C=O) groups excluding carboxylic acids is 1. The molecule has 16 heavy (non-hydrogen) atoms. The van der Waals surface area contributed by atoms with E-state index < -0.39 is 6.09 Å². The van der Waals surface area contributed by atoms with Crippen molar-refractivity contribution >= 4 is 6.09 Å². The molecular weight excluding hydrogens is 210 g/mol. The van der Waals surface area contributed by atoms with E-state index in [1.807, 2.05) is 6.07 Å². The summed E-state index contributed by atoms with van der Waals surface area (Å²) in [6, 6.07) is 5.43. The minimum atomic E-state index is -0.463. The van der Waals surface area contributed by atoms with Gasteiger partial charge in [0.25, 0.3) is 0 Å². The van der Waals surface area contributed by atoms with Crippen molar-refractivity contribution in [2.24, 2.45) is 0 Å². The van der Waals surface area contributed by atoms with Crippen LogP contribution in [0, 0.1) is 0 Å². The van der Waals surface area contributed by atoms with E-state index in [0.717, 1.165) is 5.56 Å². The van der Waals surface area contributed by atoms with Gasteiger partial charge in [0.1, 0.15) is 0 Å². The molecular formula is C11H15NO4. The van der Waals surface area contributed by atoms with Crippen molar-refractivity contribution in [2.45, 2.75) is 6.54 Å². The molecule has 1 aromatic carbocycles. The van der Waals surface area contributed by atoms with E-state index in [1.54, 1.807) is 26.4 Å². The molecule has 5 nitrogen and oxygen atoms in total. The SMILES string of the molecule is COC(=O)NCc1ccc(OC)c(OC)c1. The minimum Gasteiger partial charge on any atom is -0.493 e. The van der Waals surface area contributed by atoms with Gasteiger partial charge in [0.15, 0.2) is 11.5 Å². The summed E-state index contributed by atoms with van der Waals surface area (Å²) < 4.78 is 14.7. The van der Waals surface area contributed by atoms with Crippen molar-refractivity contribution in [1.82, 2.24) is 5.32 Å². The van der Waals surface area contributed by atoms with E-state index in [9.17, 15) is 4.79 Å². The Morgan fingerprint density at radius 1 is 1.19 bits per heavy atom. The lowest BCUT2D eigenvalue weighted by Gasteiger charge is -2.09. The molecule has 0 bridgehead atoms. The molecule has 1 aromatic rings. The summed E-state index contributed by atoms with van der Waals surface area (Å²) in [6.07, 6.45) is -0.463. The summed E-state index contributed by atoms with van der Waals surface area (Å²) in [5.74, 6) is 1.29. The molecule has 0 fully saturated rings. The zero-order chi connectivity index (χ0) is 12.0. The fourth-order valence-electron chi connectivity index (χ4n) is 1.24. The maximum absolute atomic E-state index is 10.9. The maximum atomic E-state index is 10.9. The van der Waals surface area contributed by atoms with Crippen LogP contribution in [0.4, 0.5) is 4.79 Å². The van der Waals surface area contributed by atoms with Crippen LogP contribution < -0.4 is 14.8 Å². The third-order valence-corrected chi connectivity index (χ3v) is 2.07. The molecule has 0 saturated carbocycles. The lowest BCUT2D eigenvalue weighted by atomic mass is 10.2. The fraction of sp³-hybridized carbons (Fsp3) is 0.364. The van der Waals surface area contributed by atoms with Crippen LogP contribution in [0.15, 0.2) is 18.2 Å². The highest BCUT2D eigenvalue weighted by Crippen LogP contribution is 2.27. The van der Waals surface area contributed by atoms with Crippen LogP contribution in [0.2, 0.25) is 0 Å². The molecule has 5 heteroatoms. The molecule has 0 saturated heterocycles. The summed E-state index contributed by atoms with van der Waals surface area (Å²) in [5, 5.41) is 2.58. The van der Waals surface area contributed by atoms with Gasteiger partial charge in [0.05, 0.1) is 21.3 Å². The van der Waals surface area contributed by atoms with Crippen LogP contribution in [0.1, 0.15) is 5.56 Å². The van der Waals surface area contributed by atoms with E-state index >= 15 is 0 Å². The highest BCUT2D eigenvalue weighted by Gasteiger charge is 2.05. The van der Waals surface area contributed by atoms with Crippen LogP contribution >= 0.6 is 0 Å².